The van der Waals surface area contributed by atoms with Crippen LogP contribution in [0.4, 0.5) is 0 Å². The van der Waals surface area contributed by atoms with E-state index in [9.17, 15) is 13.2 Å². The molecule has 0 bridgehead atoms. The van der Waals surface area contributed by atoms with Gasteiger partial charge in [0.15, 0.2) is 4.21 Å². The van der Waals surface area contributed by atoms with Crippen molar-refractivity contribution in [2.24, 2.45) is 7.05 Å². The second kappa shape index (κ2) is 5.15. The first kappa shape index (κ1) is 14.9. The number of hydrogen-bond donors (Lipinski definition) is 2. The van der Waals surface area contributed by atoms with Crippen molar-refractivity contribution >= 4 is 21.4 Å². The fourth-order valence-corrected chi connectivity index (χ4v) is 4.29. The summed E-state index contributed by atoms with van der Waals surface area (Å²) < 4.78 is 28.6. The summed E-state index contributed by atoms with van der Waals surface area (Å²) in [7, 11) is -1.88. The van der Waals surface area contributed by atoms with E-state index >= 15 is 0 Å². The Morgan fingerprint density at radius 2 is 2.00 bits per heavy atom. The number of aromatic nitrogens is 3. The summed E-state index contributed by atoms with van der Waals surface area (Å²) in [6, 6.07) is 0. The summed E-state index contributed by atoms with van der Waals surface area (Å²) >= 11 is 0.688. The number of hydrogen-bond acceptors (Lipinski definition) is 5. The molecule has 0 unspecified atom stereocenters. The predicted octanol–water partition coefficient (Wildman–Crippen LogP) is 0.574. The third-order valence-electron chi connectivity index (χ3n) is 3.12. The quantitative estimate of drug-likeness (QED) is 0.862. The number of rotatable bonds is 4. The van der Waals surface area contributed by atoms with Gasteiger partial charge in [0.25, 0.3) is 10.0 Å². The number of nitrogens with zero attached hydrogens (tertiary/aromatic N) is 2. The molecule has 20 heavy (non-hydrogen) atoms. The molecule has 9 heteroatoms. The highest BCUT2D eigenvalue weighted by molar-refractivity contribution is 7.91. The fourth-order valence-electron chi connectivity index (χ4n) is 1.95. The van der Waals surface area contributed by atoms with Crippen LogP contribution in [0, 0.1) is 20.8 Å². The molecule has 0 aliphatic rings. The maximum Gasteiger partial charge on any atom is 0.305 e. The van der Waals surface area contributed by atoms with Crippen LogP contribution in [0.3, 0.4) is 0 Å². The number of aryl methyl sites for hydroxylation is 3. The van der Waals surface area contributed by atoms with Crippen molar-refractivity contribution in [2.45, 2.75) is 31.5 Å². The number of H-pyrrole nitrogens is 1. The molecule has 2 aromatic rings. The minimum atomic E-state index is -3.69. The molecule has 0 atom stereocenters. The number of sulfonamides is 1. The Hall–Kier alpha value is -1.45. The molecule has 0 aliphatic carbocycles. The molecule has 0 fully saturated rings. The molecule has 2 aromatic heterocycles. The monoisotopic (exact) mass is 316 g/mol. The molecule has 110 valence electrons. The zero-order valence-electron chi connectivity index (χ0n) is 11.6. The molecule has 0 radical (unpaired) electrons. The van der Waals surface area contributed by atoms with Gasteiger partial charge in [-0.1, -0.05) is 11.3 Å². The molecule has 2 N–H and O–H groups in total. The van der Waals surface area contributed by atoms with E-state index in [0.717, 1.165) is 17.0 Å². The summed E-state index contributed by atoms with van der Waals surface area (Å²) in [5.41, 5.74) is 2.89. The lowest BCUT2D eigenvalue weighted by Crippen LogP contribution is -2.23. The molecule has 0 saturated heterocycles. The zero-order chi connectivity index (χ0) is 15.1. The van der Waals surface area contributed by atoms with Gasteiger partial charge in [-0.3, -0.25) is 9.48 Å². The maximum absolute atomic E-state index is 12.2. The molecule has 0 spiro atoms. The summed E-state index contributed by atoms with van der Waals surface area (Å²) in [6.45, 7) is 5.42. The van der Waals surface area contributed by atoms with E-state index in [4.69, 9.17) is 0 Å². The minimum Gasteiger partial charge on any atom is -0.315 e. The first-order valence-electron chi connectivity index (χ1n) is 5.91. The van der Waals surface area contributed by atoms with Gasteiger partial charge < -0.3 is 4.98 Å². The lowest BCUT2D eigenvalue weighted by atomic mass is 10.2. The average molecular weight is 316 g/mol. The molecule has 2 heterocycles. The van der Waals surface area contributed by atoms with Gasteiger partial charge in [0.1, 0.15) is 0 Å². The SMILES string of the molecule is Cc1nn(C)c(C)c1CNS(=O)(=O)c1sc(=O)[nH]c1C. The van der Waals surface area contributed by atoms with Crippen molar-refractivity contribution in [3.8, 4) is 0 Å². The molecule has 0 aliphatic heterocycles. The Balaban J connectivity index is 2.26. The third kappa shape index (κ3) is 2.69. The van der Waals surface area contributed by atoms with Gasteiger partial charge in [0, 0.05) is 30.5 Å². The largest absolute Gasteiger partial charge is 0.315 e. The van der Waals surface area contributed by atoms with Crippen LogP contribution in [0.25, 0.3) is 0 Å². The Bertz CT molecular complexity index is 798. The third-order valence-corrected chi connectivity index (χ3v) is 6.13. The van der Waals surface area contributed by atoms with Crippen molar-refractivity contribution < 1.29 is 8.42 Å². The number of nitrogens with one attached hydrogen (secondary N) is 2. The van der Waals surface area contributed by atoms with E-state index in [1.807, 2.05) is 20.9 Å². The second-order valence-corrected chi connectivity index (χ2v) is 7.47. The van der Waals surface area contributed by atoms with Crippen LogP contribution < -0.4 is 9.60 Å². The van der Waals surface area contributed by atoms with Gasteiger partial charge in [-0.15, -0.1) is 0 Å². The molecule has 0 aromatic carbocycles. The van der Waals surface area contributed by atoms with Crippen LogP contribution in [-0.4, -0.2) is 23.2 Å². The van der Waals surface area contributed by atoms with Crippen LogP contribution in [-0.2, 0) is 23.6 Å². The molecular formula is C11H16N4O3S2. The van der Waals surface area contributed by atoms with Crippen molar-refractivity contribution in [3.63, 3.8) is 0 Å². The fraction of sp³-hybridized carbons (Fsp3) is 0.455. The average Bonchev–Trinajstić information content (AvgIpc) is 2.79. The van der Waals surface area contributed by atoms with E-state index < -0.39 is 10.0 Å². The van der Waals surface area contributed by atoms with Crippen LogP contribution in [0.5, 0.6) is 0 Å². The molecule has 2 rings (SSSR count). The van der Waals surface area contributed by atoms with Crippen molar-refractivity contribution in [1.82, 2.24) is 19.5 Å². The minimum absolute atomic E-state index is 0.0293. The number of thiazole rings is 1. The Morgan fingerprint density at radius 1 is 1.35 bits per heavy atom. The van der Waals surface area contributed by atoms with Crippen molar-refractivity contribution in [2.75, 3.05) is 0 Å². The second-order valence-electron chi connectivity index (χ2n) is 4.52. The zero-order valence-corrected chi connectivity index (χ0v) is 13.3. The lowest BCUT2D eigenvalue weighted by molar-refractivity contribution is 0.582. The van der Waals surface area contributed by atoms with Gasteiger partial charge in [-0.25, -0.2) is 13.1 Å². The van der Waals surface area contributed by atoms with E-state index in [1.54, 1.807) is 11.6 Å². The first-order valence-corrected chi connectivity index (χ1v) is 8.21. The van der Waals surface area contributed by atoms with Crippen LogP contribution in [0.2, 0.25) is 0 Å². The Labute approximate surface area is 120 Å². The predicted molar refractivity (Wildman–Crippen MR) is 76.4 cm³/mol. The smallest absolute Gasteiger partial charge is 0.305 e. The molecule has 0 saturated carbocycles. The van der Waals surface area contributed by atoms with Crippen molar-refractivity contribution in [3.05, 3.63) is 32.3 Å². The Kier molecular flexibility index (Phi) is 3.85. The Morgan fingerprint density at radius 3 is 2.45 bits per heavy atom. The van der Waals surface area contributed by atoms with E-state index in [0.29, 0.717) is 17.0 Å². The highest BCUT2D eigenvalue weighted by Gasteiger charge is 2.21. The first-order chi connectivity index (χ1) is 9.22. The highest BCUT2D eigenvalue weighted by atomic mass is 32.2. The van der Waals surface area contributed by atoms with Gasteiger partial charge in [-0.05, 0) is 20.8 Å². The van der Waals surface area contributed by atoms with E-state index in [2.05, 4.69) is 14.8 Å². The van der Waals surface area contributed by atoms with Crippen LogP contribution >= 0.6 is 11.3 Å². The van der Waals surface area contributed by atoms with Gasteiger partial charge in [0.05, 0.1) is 5.69 Å². The summed E-state index contributed by atoms with van der Waals surface area (Å²) in [4.78, 5) is 13.3. The lowest BCUT2D eigenvalue weighted by Gasteiger charge is -2.06. The molecular weight excluding hydrogens is 300 g/mol. The van der Waals surface area contributed by atoms with E-state index in [-0.39, 0.29) is 15.6 Å². The van der Waals surface area contributed by atoms with Gasteiger partial charge in [0.2, 0.25) is 0 Å². The summed E-state index contributed by atoms with van der Waals surface area (Å²) in [5.74, 6) is 0. The van der Waals surface area contributed by atoms with Crippen molar-refractivity contribution in [1.29, 1.82) is 0 Å². The molecule has 7 nitrogen and oxygen atoms in total. The van der Waals surface area contributed by atoms with Crippen LogP contribution in [0.15, 0.2) is 9.00 Å². The molecule has 0 amide bonds. The summed E-state index contributed by atoms with van der Waals surface area (Å²) in [5, 5.41) is 4.23. The summed E-state index contributed by atoms with van der Waals surface area (Å²) in [6.07, 6.45) is 0. The standard InChI is InChI=1S/C11H16N4O3S2/c1-6-9(8(3)15(4)14-6)5-12-20(17,18)10-7(2)13-11(16)19-10/h12H,5H2,1-4H3,(H,13,16). The maximum atomic E-state index is 12.2. The number of aromatic amines is 1. The highest BCUT2D eigenvalue weighted by Crippen LogP contribution is 2.17. The van der Waals surface area contributed by atoms with Crippen LogP contribution in [0.1, 0.15) is 22.6 Å². The van der Waals surface area contributed by atoms with Gasteiger partial charge in [-0.2, -0.15) is 5.10 Å². The normalized spacial score (nSPS) is 12.0. The topological polar surface area (TPSA) is 96.8 Å². The van der Waals surface area contributed by atoms with Gasteiger partial charge >= 0.3 is 4.87 Å². The van der Waals surface area contributed by atoms with E-state index in [1.165, 1.54) is 0 Å².